The van der Waals surface area contributed by atoms with Crippen molar-refractivity contribution < 1.29 is 19.2 Å². The third-order valence-electron chi connectivity index (χ3n) is 6.49. The van der Waals surface area contributed by atoms with Crippen LogP contribution in [0, 0.1) is 5.92 Å². The van der Waals surface area contributed by atoms with Crippen LogP contribution in [0.2, 0.25) is 0 Å². The maximum Gasteiger partial charge on any atom is 0.251 e. The lowest BCUT2D eigenvalue weighted by Crippen LogP contribution is -2.54. The Hall–Kier alpha value is -4.44. The summed E-state index contributed by atoms with van der Waals surface area (Å²) in [7, 11) is 0. The molecule has 0 aliphatic rings. The van der Waals surface area contributed by atoms with E-state index in [1.807, 2.05) is 56.3 Å². The number of hydrogen-bond acceptors (Lipinski definition) is 7. The van der Waals surface area contributed by atoms with Crippen molar-refractivity contribution in [2.75, 3.05) is 6.54 Å². The quantitative estimate of drug-likeness (QED) is 0.236. The van der Waals surface area contributed by atoms with Crippen molar-refractivity contribution in [3.05, 3.63) is 83.5 Å². The minimum Gasteiger partial charge on any atom is -0.353 e. The SMILES string of the molecule is CC(=O)[C@H](CNC(=O)Cc1cccc(-c2ccccn2)c1)NC(=O)[C@H](CC(C)C)NC(=O)c1ccc2ncsc2c1. The molecule has 0 radical (unpaired) electrons. The monoisotopic (exact) mass is 571 g/mol. The number of pyridine rings is 1. The first kappa shape index (κ1) is 29.5. The summed E-state index contributed by atoms with van der Waals surface area (Å²) in [4.78, 5) is 59.9. The predicted molar refractivity (Wildman–Crippen MR) is 159 cm³/mol. The Labute approximate surface area is 242 Å². The molecule has 4 aromatic rings. The van der Waals surface area contributed by atoms with Gasteiger partial charge in [-0.2, -0.15) is 0 Å². The van der Waals surface area contributed by atoms with Crippen LogP contribution < -0.4 is 16.0 Å². The van der Waals surface area contributed by atoms with Crippen LogP contribution in [0.1, 0.15) is 43.1 Å². The van der Waals surface area contributed by atoms with Crippen molar-refractivity contribution in [3.8, 4) is 11.3 Å². The van der Waals surface area contributed by atoms with Crippen LogP contribution in [-0.4, -0.2) is 52.1 Å². The number of nitrogens with zero attached hydrogens (tertiary/aromatic N) is 2. The van der Waals surface area contributed by atoms with Gasteiger partial charge in [0.2, 0.25) is 11.8 Å². The smallest absolute Gasteiger partial charge is 0.251 e. The maximum atomic E-state index is 13.2. The van der Waals surface area contributed by atoms with Gasteiger partial charge >= 0.3 is 0 Å². The average Bonchev–Trinajstić information content (AvgIpc) is 3.43. The fourth-order valence-corrected chi connectivity index (χ4v) is 5.06. The van der Waals surface area contributed by atoms with E-state index >= 15 is 0 Å². The van der Waals surface area contributed by atoms with Crippen LogP contribution in [0.3, 0.4) is 0 Å². The first-order valence-corrected chi connectivity index (χ1v) is 14.3. The molecule has 3 amide bonds. The third kappa shape index (κ3) is 8.28. The summed E-state index contributed by atoms with van der Waals surface area (Å²) in [6.07, 6.45) is 2.20. The third-order valence-corrected chi connectivity index (χ3v) is 7.28. The van der Waals surface area contributed by atoms with E-state index in [0.717, 1.165) is 27.0 Å². The second-order valence-electron chi connectivity index (χ2n) is 10.3. The molecule has 0 saturated carbocycles. The van der Waals surface area contributed by atoms with Crippen molar-refractivity contribution >= 4 is 45.1 Å². The molecule has 41 heavy (non-hydrogen) atoms. The van der Waals surface area contributed by atoms with Gasteiger partial charge in [-0.1, -0.05) is 38.1 Å². The first-order valence-electron chi connectivity index (χ1n) is 13.4. The Bertz CT molecular complexity index is 1540. The van der Waals surface area contributed by atoms with Crippen molar-refractivity contribution in [1.82, 2.24) is 25.9 Å². The average molecular weight is 572 g/mol. The number of aromatic nitrogens is 2. The lowest BCUT2D eigenvalue weighted by Gasteiger charge is -2.23. The van der Waals surface area contributed by atoms with Crippen LogP contribution in [0.4, 0.5) is 0 Å². The number of thiazole rings is 1. The second-order valence-corrected chi connectivity index (χ2v) is 11.1. The maximum absolute atomic E-state index is 13.2. The van der Waals surface area contributed by atoms with Gasteiger partial charge in [0, 0.05) is 23.9 Å². The van der Waals surface area contributed by atoms with Gasteiger partial charge in [-0.3, -0.25) is 24.2 Å². The Balaban J connectivity index is 1.36. The predicted octanol–water partition coefficient (Wildman–Crippen LogP) is 3.94. The number of fused-ring (bicyclic) bond motifs is 1. The van der Waals surface area contributed by atoms with E-state index in [-0.39, 0.29) is 36.5 Å². The Morgan fingerprint density at radius 1 is 0.902 bits per heavy atom. The molecule has 2 heterocycles. The standard InChI is InChI=1S/C31H33N5O4S/c1-19(2)13-26(35-30(39)23-10-11-25-28(16-23)41-18-34-25)31(40)36-27(20(3)37)17-33-29(38)15-21-7-6-8-22(14-21)24-9-4-5-12-32-24/h4-12,14,16,18-19,26-27H,13,15,17H2,1-3H3,(H,33,38)(H,35,39)(H,36,40)/t26-,27-/m0/s1. The molecule has 0 unspecified atom stereocenters. The fraction of sp³-hybridized carbons (Fsp3) is 0.290. The molecule has 10 heteroatoms. The molecule has 9 nitrogen and oxygen atoms in total. The zero-order chi connectivity index (χ0) is 29.4. The van der Waals surface area contributed by atoms with Gasteiger partial charge in [0.15, 0.2) is 5.78 Å². The molecule has 3 N–H and O–H groups in total. The Morgan fingerprint density at radius 3 is 2.46 bits per heavy atom. The molecular weight excluding hydrogens is 538 g/mol. The van der Waals surface area contributed by atoms with Crippen LogP contribution in [-0.2, 0) is 20.8 Å². The second kappa shape index (κ2) is 13.8. The molecule has 0 aliphatic heterocycles. The van der Waals surface area contributed by atoms with Crippen molar-refractivity contribution in [2.45, 2.75) is 45.7 Å². The van der Waals surface area contributed by atoms with Gasteiger partial charge in [-0.05, 0) is 61.2 Å². The molecule has 4 rings (SSSR count). The Morgan fingerprint density at radius 2 is 1.73 bits per heavy atom. The normalized spacial score (nSPS) is 12.5. The number of benzene rings is 2. The first-order chi connectivity index (χ1) is 19.7. The van der Waals surface area contributed by atoms with E-state index in [0.29, 0.717) is 12.0 Å². The van der Waals surface area contributed by atoms with E-state index < -0.39 is 18.0 Å². The summed E-state index contributed by atoms with van der Waals surface area (Å²) in [6.45, 7) is 5.18. The number of ketones is 1. The molecule has 2 aromatic heterocycles. The highest BCUT2D eigenvalue weighted by Crippen LogP contribution is 2.20. The summed E-state index contributed by atoms with van der Waals surface area (Å²) in [5.41, 5.74) is 5.43. The molecule has 0 fully saturated rings. The van der Waals surface area contributed by atoms with Crippen molar-refractivity contribution in [3.63, 3.8) is 0 Å². The summed E-state index contributed by atoms with van der Waals surface area (Å²) in [5.74, 6) is -1.35. The van der Waals surface area contributed by atoms with Gasteiger partial charge < -0.3 is 16.0 Å². The number of Topliss-reactive ketones (excluding diaryl/α,β-unsaturated/α-hetero) is 1. The highest BCUT2D eigenvalue weighted by Gasteiger charge is 2.27. The zero-order valence-corrected chi connectivity index (χ0v) is 24.0. The summed E-state index contributed by atoms with van der Waals surface area (Å²) in [6, 6.07) is 16.6. The van der Waals surface area contributed by atoms with E-state index in [1.54, 1.807) is 29.9 Å². The van der Waals surface area contributed by atoms with Crippen molar-refractivity contribution in [2.24, 2.45) is 5.92 Å². The molecule has 0 bridgehead atoms. The summed E-state index contributed by atoms with van der Waals surface area (Å²) >= 11 is 1.43. The molecule has 0 saturated heterocycles. The Kier molecular flexibility index (Phi) is 9.91. The topological polar surface area (TPSA) is 130 Å². The van der Waals surface area contributed by atoms with Crippen LogP contribution >= 0.6 is 11.3 Å². The van der Waals surface area contributed by atoms with Crippen LogP contribution in [0.25, 0.3) is 21.5 Å². The van der Waals surface area contributed by atoms with E-state index in [4.69, 9.17) is 0 Å². The highest BCUT2D eigenvalue weighted by atomic mass is 32.1. The van der Waals surface area contributed by atoms with E-state index in [1.165, 1.54) is 18.3 Å². The van der Waals surface area contributed by atoms with Gasteiger partial charge in [0.05, 0.1) is 27.8 Å². The lowest BCUT2D eigenvalue weighted by molar-refractivity contribution is -0.129. The number of rotatable bonds is 12. The zero-order valence-electron chi connectivity index (χ0n) is 23.2. The molecule has 2 atom stereocenters. The lowest BCUT2D eigenvalue weighted by atomic mass is 10.0. The van der Waals surface area contributed by atoms with Crippen LogP contribution in [0.5, 0.6) is 0 Å². The summed E-state index contributed by atoms with van der Waals surface area (Å²) < 4.78 is 0.873. The minimum atomic E-state index is -0.939. The number of amides is 3. The van der Waals surface area contributed by atoms with E-state index in [9.17, 15) is 19.2 Å². The molecule has 2 aromatic carbocycles. The van der Waals surface area contributed by atoms with Crippen LogP contribution in [0.15, 0.2) is 72.4 Å². The minimum absolute atomic E-state index is 0.0652. The van der Waals surface area contributed by atoms with E-state index in [2.05, 4.69) is 25.9 Å². The number of nitrogens with one attached hydrogen (secondary N) is 3. The summed E-state index contributed by atoms with van der Waals surface area (Å²) in [5, 5.41) is 8.29. The van der Waals surface area contributed by atoms with Gasteiger partial charge in [-0.25, -0.2) is 4.98 Å². The molecule has 212 valence electrons. The molecular formula is C31H33N5O4S. The van der Waals surface area contributed by atoms with Gasteiger partial charge in [-0.15, -0.1) is 11.3 Å². The largest absolute Gasteiger partial charge is 0.353 e. The number of hydrogen-bond donors (Lipinski definition) is 3. The van der Waals surface area contributed by atoms with Crippen molar-refractivity contribution in [1.29, 1.82) is 0 Å². The highest BCUT2D eigenvalue weighted by molar-refractivity contribution is 7.16. The fourth-order valence-electron chi connectivity index (χ4n) is 4.35. The number of carbonyl (C=O) groups excluding carboxylic acids is 4. The van der Waals surface area contributed by atoms with Gasteiger partial charge in [0.1, 0.15) is 12.1 Å². The number of carbonyl (C=O) groups is 4. The molecule has 0 aliphatic carbocycles. The molecule has 0 spiro atoms. The van der Waals surface area contributed by atoms with Gasteiger partial charge in [0.25, 0.3) is 5.91 Å².